The summed E-state index contributed by atoms with van der Waals surface area (Å²) in [6.45, 7) is 3.89. The second kappa shape index (κ2) is 9.32. The normalized spacial score (nSPS) is 9.75. The lowest BCUT2D eigenvalue weighted by atomic mass is 10.2. The number of aliphatic carboxylic acids is 2. The van der Waals surface area contributed by atoms with E-state index in [1.54, 1.807) is 12.1 Å². The first-order valence-electron chi connectivity index (χ1n) is 5.82. The van der Waals surface area contributed by atoms with Crippen LogP contribution in [0.5, 0.6) is 0 Å². The summed E-state index contributed by atoms with van der Waals surface area (Å²) in [6.07, 6.45) is 1.12. The Morgan fingerprint density at radius 2 is 1.45 bits per heavy atom. The van der Waals surface area contributed by atoms with Gasteiger partial charge in [-0.15, -0.1) is 0 Å². The Kier molecular flexibility index (Phi) is 8.09. The van der Waals surface area contributed by atoms with Gasteiger partial charge in [0.15, 0.2) is 0 Å². The molecule has 3 N–H and O–H groups in total. The molecule has 0 unspecified atom stereocenters. The summed E-state index contributed by atoms with van der Waals surface area (Å²) in [5, 5.41) is 18.4. The molecule has 0 heterocycles. The maximum atomic E-state index is 11.3. The molecule has 6 heteroatoms. The Bertz CT molecular complexity index is 464. The topological polar surface area (TPSA) is 104 Å². The van der Waals surface area contributed by atoms with Crippen LogP contribution in [-0.2, 0) is 9.59 Å². The predicted octanol–water partition coefficient (Wildman–Crippen LogP) is 1.54. The Morgan fingerprint density at radius 1 is 1.00 bits per heavy atom. The minimum Gasteiger partial charge on any atom is -0.478 e. The van der Waals surface area contributed by atoms with Crippen molar-refractivity contribution in [2.45, 2.75) is 19.9 Å². The number of nitrogens with one attached hydrogen (secondary N) is 1. The third-order valence-corrected chi connectivity index (χ3v) is 1.82. The van der Waals surface area contributed by atoms with E-state index in [1.807, 2.05) is 32.0 Å². The van der Waals surface area contributed by atoms with Crippen molar-refractivity contribution in [2.75, 3.05) is 0 Å². The molecule has 0 atom stereocenters. The van der Waals surface area contributed by atoms with Gasteiger partial charge in [0, 0.05) is 23.8 Å². The van der Waals surface area contributed by atoms with E-state index < -0.39 is 11.9 Å². The molecule has 0 aliphatic carbocycles. The highest BCUT2D eigenvalue weighted by molar-refractivity contribution is 5.94. The average molecular weight is 279 g/mol. The third-order valence-electron chi connectivity index (χ3n) is 1.82. The summed E-state index contributed by atoms with van der Waals surface area (Å²) in [5.74, 6) is -2.52. The quantitative estimate of drug-likeness (QED) is 0.725. The largest absolute Gasteiger partial charge is 0.478 e. The van der Waals surface area contributed by atoms with Gasteiger partial charge in [-0.1, -0.05) is 18.2 Å². The lowest BCUT2D eigenvalue weighted by Crippen LogP contribution is -2.29. The Labute approximate surface area is 116 Å². The van der Waals surface area contributed by atoms with Gasteiger partial charge < -0.3 is 15.5 Å². The van der Waals surface area contributed by atoms with Crippen molar-refractivity contribution in [2.24, 2.45) is 0 Å². The van der Waals surface area contributed by atoms with E-state index in [0.29, 0.717) is 17.7 Å². The van der Waals surface area contributed by atoms with Crippen molar-refractivity contribution in [1.29, 1.82) is 0 Å². The van der Waals surface area contributed by atoms with Gasteiger partial charge in [0.25, 0.3) is 5.91 Å². The van der Waals surface area contributed by atoms with Crippen molar-refractivity contribution in [3.05, 3.63) is 48.0 Å². The van der Waals surface area contributed by atoms with Crippen molar-refractivity contribution in [1.82, 2.24) is 5.32 Å². The van der Waals surface area contributed by atoms with E-state index >= 15 is 0 Å². The molecule has 0 bridgehead atoms. The lowest BCUT2D eigenvalue weighted by molar-refractivity contribution is -0.134. The number of rotatable bonds is 4. The van der Waals surface area contributed by atoms with Gasteiger partial charge in [0.05, 0.1) is 0 Å². The Hall–Kier alpha value is -2.63. The van der Waals surface area contributed by atoms with Gasteiger partial charge in [-0.2, -0.15) is 0 Å². The van der Waals surface area contributed by atoms with Crippen molar-refractivity contribution < 1.29 is 24.6 Å². The summed E-state index contributed by atoms with van der Waals surface area (Å²) >= 11 is 0. The molecule has 0 aromatic heterocycles. The maximum Gasteiger partial charge on any atom is 0.328 e. The first-order chi connectivity index (χ1) is 9.32. The highest BCUT2D eigenvalue weighted by atomic mass is 16.4. The van der Waals surface area contributed by atoms with E-state index in [9.17, 15) is 14.4 Å². The van der Waals surface area contributed by atoms with Crippen LogP contribution in [0.1, 0.15) is 24.2 Å². The second-order valence-electron chi connectivity index (χ2n) is 4.00. The van der Waals surface area contributed by atoms with Crippen LogP contribution >= 0.6 is 0 Å². The zero-order valence-electron chi connectivity index (χ0n) is 11.2. The van der Waals surface area contributed by atoms with Gasteiger partial charge >= 0.3 is 11.9 Å². The Balaban J connectivity index is 0.000000396. The fraction of sp³-hybridized carbons (Fsp3) is 0.214. The molecule has 0 fully saturated rings. The third kappa shape index (κ3) is 9.41. The van der Waals surface area contributed by atoms with Crippen LogP contribution in [0.15, 0.2) is 42.5 Å². The van der Waals surface area contributed by atoms with Crippen LogP contribution in [-0.4, -0.2) is 34.1 Å². The van der Waals surface area contributed by atoms with Crippen molar-refractivity contribution in [3.63, 3.8) is 0 Å². The molecule has 1 aromatic rings. The molecule has 0 saturated heterocycles. The van der Waals surface area contributed by atoms with Crippen LogP contribution in [0, 0.1) is 0 Å². The smallest absolute Gasteiger partial charge is 0.328 e. The molecule has 1 rings (SSSR count). The summed E-state index contributed by atoms with van der Waals surface area (Å²) in [5.41, 5.74) is 0.714. The van der Waals surface area contributed by atoms with E-state index in [-0.39, 0.29) is 11.9 Å². The Morgan fingerprint density at radius 3 is 1.80 bits per heavy atom. The zero-order valence-corrected chi connectivity index (χ0v) is 11.2. The number of benzene rings is 1. The van der Waals surface area contributed by atoms with E-state index in [0.717, 1.165) is 0 Å². The fourth-order valence-corrected chi connectivity index (χ4v) is 1.08. The van der Waals surface area contributed by atoms with Gasteiger partial charge in [0.2, 0.25) is 0 Å². The number of hydrogen-bond acceptors (Lipinski definition) is 3. The van der Waals surface area contributed by atoms with Crippen LogP contribution in [0.2, 0.25) is 0 Å². The molecule has 1 amide bonds. The number of carboxylic acid groups (broad SMARTS) is 2. The van der Waals surface area contributed by atoms with Gasteiger partial charge in [-0.05, 0) is 26.0 Å². The van der Waals surface area contributed by atoms with Crippen LogP contribution in [0.4, 0.5) is 0 Å². The van der Waals surface area contributed by atoms with Crippen molar-refractivity contribution >= 4 is 17.8 Å². The van der Waals surface area contributed by atoms with Gasteiger partial charge in [0.1, 0.15) is 0 Å². The number of hydrogen-bond donors (Lipinski definition) is 3. The lowest BCUT2D eigenvalue weighted by Gasteiger charge is -2.07. The molecular formula is C14H17NO5. The van der Waals surface area contributed by atoms with Crippen LogP contribution in [0.25, 0.3) is 0 Å². The molecule has 0 aliphatic heterocycles. The fourth-order valence-electron chi connectivity index (χ4n) is 1.08. The minimum absolute atomic E-state index is 0.00870. The molecule has 0 radical (unpaired) electrons. The summed E-state index contributed by atoms with van der Waals surface area (Å²) < 4.78 is 0. The highest BCUT2D eigenvalue weighted by Crippen LogP contribution is 1.98. The van der Waals surface area contributed by atoms with Crippen LogP contribution in [0.3, 0.4) is 0 Å². The summed E-state index contributed by atoms with van der Waals surface area (Å²) in [7, 11) is 0. The maximum absolute atomic E-state index is 11.3. The number of carbonyl (C=O) groups is 3. The molecule has 20 heavy (non-hydrogen) atoms. The van der Waals surface area contributed by atoms with E-state index in [4.69, 9.17) is 10.2 Å². The molecule has 108 valence electrons. The summed E-state index contributed by atoms with van der Waals surface area (Å²) in [4.78, 5) is 30.5. The molecule has 1 aromatic carbocycles. The standard InChI is InChI=1S/C10H13NO.C4H4O4/c1-8(2)11-10(12)9-6-4-3-5-7-9;5-3(6)1-2-4(7)8/h3-8H,1-2H3,(H,11,12);1-2H,(H,5,6)(H,7,8). The number of amides is 1. The van der Waals surface area contributed by atoms with Gasteiger partial charge in [-0.3, -0.25) is 4.79 Å². The first kappa shape index (κ1) is 17.4. The van der Waals surface area contributed by atoms with Crippen LogP contribution < -0.4 is 5.32 Å². The number of carboxylic acids is 2. The minimum atomic E-state index is -1.26. The zero-order chi connectivity index (χ0) is 15.5. The molecule has 0 aliphatic rings. The monoisotopic (exact) mass is 279 g/mol. The number of carbonyl (C=O) groups excluding carboxylic acids is 1. The molecule has 0 spiro atoms. The first-order valence-corrected chi connectivity index (χ1v) is 5.82. The molecular weight excluding hydrogens is 262 g/mol. The van der Waals surface area contributed by atoms with E-state index in [2.05, 4.69) is 5.32 Å². The highest BCUT2D eigenvalue weighted by Gasteiger charge is 2.04. The SMILES string of the molecule is CC(C)NC(=O)c1ccccc1.O=C(O)C=CC(=O)O. The second-order valence-corrected chi connectivity index (χ2v) is 4.00. The van der Waals surface area contributed by atoms with Crippen molar-refractivity contribution in [3.8, 4) is 0 Å². The molecule has 0 saturated carbocycles. The van der Waals surface area contributed by atoms with E-state index in [1.165, 1.54) is 0 Å². The van der Waals surface area contributed by atoms with Gasteiger partial charge in [-0.25, -0.2) is 9.59 Å². The summed E-state index contributed by atoms with van der Waals surface area (Å²) in [6, 6.07) is 9.41. The predicted molar refractivity (Wildman–Crippen MR) is 73.5 cm³/mol. The average Bonchev–Trinajstić information content (AvgIpc) is 2.37. The molecule has 6 nitrogen and oxygen atoms in total.